The van der Waals surface area contributed by atoms with Gasteiger partial charge in [-0.2, -0.15) is 0 Å². The Labute approximate surface area is 114 Å². The Balaban J connectivity index is 2.12. The SMILES string of the molecule is CN(Cc1ccco1)C(=O)c1cnc(Cl)c(Cl)c1. The van der Waals surface area contributed by atoms with Crippen molar-refractivity contribution in [2.75, 3.05) is 7.05 Å². The molecule has 0 radical (unpaired) electrons. The topological polar surface area (TPSA) is 46.3 Å². The summed E-state index contributed by atoms with van der Waals surface area (Å²) in [6.07, 6.45) is 2.96. The Morgan fingerprint density at radius 3 is 2.89 bits per heavy atom. The number of rotatable bonds is 3. The zero-order valence-electron chi connectivity index (χ0n) is 9.56. The largest absolute Gasteiger partial charge is 0.467 e. The lowest BCUT2D eigenvalue weighted by atomic mass is 10.2. The predicted molar refractivity (Wildman–Crippen MR) is 68.8 cm³/mol. The van der Waals surface area contributed by atoms with Crippen LogP contribution in [0.25, 0.3) is 0 Å². The molecule has 6 heteroatoms. The highest BCUT2D eigenvalue weighted by molar-refractivity contribution is 6.41. The van der Waals surface area contributed by atoms with Crippen molar-refractivity contribution in [2.45, 2.75) is 6.54 Å². The van der Waals surface area contributed by atoms with Crippen LogP contribution in [0.3, 0.4) is 0 Å². The fourth-order valence-corrected chi connectivity index (χ4v) is 1.74. The third-order valence-electron chi connectivity index (χ3n) is 2.36. The number of carbonyl (C=O) groups is 1. The smallest absolute Gasteiger partial charge is 0.255 e. The fourth-order valence-electron chi connectivity index (χ4n) is 1.47. The molecule has 0 unspecified atom stereocenters. The Morgan fingerprint density at radius 2 is 2.28 bits per heavy atom. The number of pyridine rings is 1. The normalized spacial score (nSPS) is 10.4. The highest BCUT2D eigenvalue weighted by Crippen LogP contribution is 2.20. The first-order valence-electron chi connectivity index (χ1n) is 5.17. The van der Waals surface area contributed by atoms with Crippen LogP contribution in [0.2, 0.25) is 10.2 Å². The Bertz CT molecular complexity index is 555. The lowest BCUT2D eigenvalue weighted by Crippen LogP contribution is -2.26. The number of hydrogen-bond donors (Lipinski definition) is 0. The molecule has 0 aliphatic heterocycles. The average molecular weight is 285 g/mol. The summed E-state index contributed by atoms with van der Waals surface area (Å²) in [5.74, 6) is 0.510. The van der Waals surface area contributed by atoms with Gasteiger partial charge in [-0.15, -0.1) is 0 Å². The number of halogens is 2. The molecule has 2 rings (SSSR count). The molecule has 0 saturated heterocycles. The zero-order chi connectivity index (χ0) is 13.1. The van der Waals surface area contributed by atoms with Crippen LogP contribution in [0.15, 0.2) is 35.1 Å². The summed E-state index contributed by atoms with van der Waals surface area (Å²) < 4.78 is 5.18. The fraction of sp³-hybridized carbons (Fsp3) is 0.167. The molecule has 2 aromatic rings. The predicted octanol–water partition coefficient (Wildman–Crippen LogP) is 3.25. The lowest BCUT2D eigenvalue weighted by molar-refractivity contribution is 0.0775. The van der Waals surface area contributed by atoms with E-state index in [0.29, 0.717) is 17.9 Å². The van der Waals surface area contributed by atoms with Crippen molar-refractivity contribution in [1.82, 2.24) is 9.88 Å². The molecule has 2 heterocycles. The van der Waals surface area contributed by atoms with Crippen LogP contribution in [0.4, 0.5) is 0 Å². The van der Waals surface area contributed by atoms with Crippen LogP contribution in [-0.2, 0) is 6.54 Å². The standard InChI is InChI=1S/C12H10Cl2N2O2/c1-16(7-9-3-2-4-18-9)12(17)8-5-10(13)11(14)15-6-8/h2-6H,7H2,1H3. The van der Waals surface area contributed by atoms with Gasteiger partial charge in [0.1, 0.15) is 10.9 Å². The van der Waals surface area contributed by atoms with E-state index in [4.69, 9.17) is 27.6 Å². The van der Waals surface area contributed by atoms with Gasteiger partial charge in [0, 0.05) is 13.2 Å². The summed E-state index contributed by atoms with van der Waals surface area (Å²) in [6, 6.07) is 5.07. The summed E-state index contributed by atoms with van der Waals surface area (Å²) in [4.78, 5) is 17.4. The number of amides is 1. The molecule has 0 bridgehead atoms. The molecule has 0 saturated carbocycles. The van der Waals surface area contributed by atoms with Crippen LogP contribution in [0.1, 0.15) is 16.1 Å². The van der Waals surface area contributed by atoms with Crippen molar-refractivity contribution in [1.29, 1.82) is 0 Å². The van der Waals surface area contributed by atoms with Gasteiger partial charge in [-0.1, -0.05) is 23.2 Å². The van der Waals surface area contributed by atoms with Gasteiger partial charge >= 0.3 is 0 Å². The third kappa shape index (κ3) is 2.83. The highest BCUT2D eigenvalue weighted by atomic mass is 35.5. The second kappa shape index (κ2) is 5.42. The molecule has 0 aliphatic carbocycles. The summed E-state index contributed by atoms with van der Waals surface area (Å²) in [5, 5.41) is 0.441. The van der Waals surface area contributed by atoms with Gasteiger partial charge in [-0.25, -0.2) is 4.98 Å². The molecule has 94 valence electrons. The van der Waals surface area contributed by atoms with E-state index in [2.05, 4.69) is 4.98 Å². The molecule has 0 fully saturated rings. The number of carbonyl (C=O) groups excluding carboxylic acids is 1. The zero-order valence-corrected chi connectivity index (χ0v) is 11.1. The van der Waals surface area contributed by atoms with E-state index in [1.54, 1.807) is 25.4 Å². The number of aromatic nitrogens is 1. The maximum absolute atomic E-state index is 12.1. The van der Waals surface area contributed by atoms with Crippen molar-refractivity contribution in [3.63, 3.8) is 0 Å². The maximum Gasteiger partial charge on any atom is 0.255 e. The number of nitrogens with zero attached hydrogens (tertiary/aromatic N) is 2. The molecular weight excluding hydrogens is 275 g/mol. The quantitative estimate of drug-likeness (QED) is 0.813. The van der Waals surface area contributed by atoms with Crippen molar-refractivity contribution in [3.8, 4) is 0 Å². The van der Waals surface area contributed by atoms with Crippen molar-refractivity contribution < 1.29 is 9.21 Å². The van der Waals surface area contributed by atoms with E-state index >= 15 is 0 Å². The lowest BCUT2D eigenvalue weighted by Gasteiger charge is -2.15. The summed E-state index contributed by atoms with van der Waals surface area (Å²) in [7, 11) is 1.67. The van der Waals surface area contributed by atoms with Crippen molar-refractivity contribution in [3.05, 3.63) is 52.2 Å². The first-order valence-corrected chi connectivity index (χ1v) is 5.92. The van der Waals surface area contributed by atoms with Crippen molar-refractivity contribution in [2.24, 2.45) is 0 Å². The van der Waals surface area contributed by atoms with E-state index in [-0.39, 0.29) is 16.1 Å². The van der Waals surface area contributed by atoms with E-state index in [0.717, 1.165) is 0 Å². The third-order valence-corrected chi connectivity index (χ3v) is 3.05. The van der Waals surface area contributed by atoms with Gasteiger partial charge in [0.15, 0.2) is 0 Å². The minimum absolute atomic E-state index is 0.182. The monoisotopic (exact) mass is 284 g/mol. The minimum Gasteiger partial charge on any atom is -0.467 e. The van der Waals surface area contributed by atoms with E-state index in [1.807, 2.05) is 0 Å². The second-order valence-corrected chi connectivity index (χ2v) is 4.50. The van der Waals surface area contributed by atoms with Gasteiger partial charge in [0.05, 0.1) is 23.4 Å². The van der Waals surface area contributed by atoms with Gasteiger partial charge in [-0.05, 0) is 18.2 Å². The summed E-state index contributed by atoms with van der Waals surface area (Å²) >= 11 is 11.5. The summed E-state index contributed by atoms with van der Waals surface area (Å²) in [5.41, 5.74) is 0.387. The Morgan fingerprint density at radius 1 is 1.50 bits per heavy atom. The first-order chi connectivity index (χ1) is 8.58. The molecule has 1 amide bonds. The molecule has 0 spiro atoms. The summed E-state index contributed by atoms with van der Waals surface area (Å²) in [6.45, 7) is 0.381. The van der Waals surface area contributed by atoms with Crippen LogP contribution in [0, 0.1) is 0 Å². The minimum atomic E-state index is -0.197. The molecule has 0 aliphatic rings. The van der Waals surface area contributed by atoms with Crippen molar-refractivity contribution >= 4 is 29.1 Å². The average Bonchev–Trinajstić information content (AvgIpc) is 2.84. The van der Waals surface area contributed by atoms with Gasteiger partial charge in [0.2, 0.25) is 0 Å². The van der Waals surface area contributed by atoms with Crippen LogP contribution >= 0.6 is 23.2 Å². The molecule has 0 aromatic carbocycles. The van der Waals surface area contributed by atoms with Crippen LogP contribution in [-0.4, -0.2) is 22.8 Å². The van der Waals surface area contributed by atoms with Gasteiger partial charge < -0.3 is 9.32 Å². The maximum atomic E-state index is 12.1. The molecule has 0 N–H and O–H groups in total. The Hall–Kier alpha value is -1.52. The molecule has 2 aromatic heterocycles. The van der Waals surface area contributed by atoms with E-state index in [9.17, 15) is 4.79 Å². The molecular formula is C12H10Cl2N2O2. The first kappa shape index (κ1) is 12.9. The van der Waals surface area contributed by atoms with E-state index in [1.165, 1.54) is 17.2 Å². The molecule has 18 heavy (non-hydrogen) atoms. The van der Waals surface area contributed by atoms with Crippen LogP contribution in [0.5, 0.6) is 0 Å². The van der Waals surface area contributed by atoms with E-state index < -0.39 is 0 Å². The number of hydrogen-bond acceptors (Lipinski definition) is 3. The highest BCUT2D eigenvalue weighted by Gasteiger charge is 2.14. The second-order valence-electron chi connectivity index (χ2n) is 3.74. The molecule has 4 nitrogen and oxygen atoms in total. The Kier molecular flexibility index (Phi) is 3.89. The van der Waals surface area contributed by atoms with Gasteiger partial charge in [0.25, 0.3) is 5.91 Å². The van der Waals surface area contributed by atoms with Gasteiger partial charge in [-0.3, -0.25) is 4.79 Å². The number of furan rings is 1. The molecule has 0 atom stereocenters. The van der Waals surface area contributed by atoms with Crippen LogP contribution < -0.4 is 0 Å².